The van der Waals surface area contributed by atoms with Crippen LogP contribution in [0.5, 0.6) is 0 Å². The molecule has 0 atom stereocenters. The number of nitrogens with one attached hydrogen (secondary N) is 1. The van der Waals surface area contributed by atoms with Gasteiger partial charge in [0, 0.05) is 37.8 Å². The summed E-state index contributed by atoms with van der Waals surface area (Å²) in [7, 11) is 0. The normalized spacial score (nSPS) is 18.3. The minimum absolute atomic E-state index is 0.0517. The molecule has 6 heteroatoms. The maximum Gasteiger partial charge on any atom is 0.253 e. The first-order chi connectivity index (χ1) is 11.2. The van der Waals surface area contributed by atoms with Crippen molar-refractivity contribution in [3.8, 4) is 6.07 Å². The van der Waals surface area contributed by atoms with Gasteiger partial charge in [-0.25, -0.2) is 0 Å². The summed E-state index contributed by atoms with van der Waals surface area (Å²) in [6, 6.07) is 9.21. The first-order valence-electron chi connectivity index (χ1n) is 7.97. The molecule has 120 valence electrons. The van der Waals surface area contributed by atoms with Crippen molar-refractivity contribution in [2.24, 2.45) is 0 Å². The number of piperazine rings is 1. The summed E-state index contributed by atoms with van der Waals surface area (Å²) < 4.78 is 0. The van der Waals surface area contributed by atoms with Crippen LogP contribution in [0, 0.1) is 11.3 Å². The SMILES string of the molecule is N#Cc1cccc(C(=O)N2CCN(CC(=O)NC3CC3)CC2)c1. The van der Waals surface area contributed by atoms with Crippen molar-refractivity contribution in [3.05, 3.63) is 35.4 Å². The van der Waals surface area contributed by atoms with Gasteiger partial charge in [0.25, 0.3) is 5.91 Å². The lowest BCUT2D eigenvalue weighted by atomic mass is 10.1. The molecule has 1 aliphatic carbocycles. The zero-order valence-electron chi connectivity index (χ0n) is 13.0. The highest BCUT2D eigenvalue weighted by Crippen LogP contribution is 2.18. The molecule has 2 aliphatic rings. The Kier molecular flexibility index (Phi) is 4.58. The Morgan fingerprint density at radius 3 is 2.61 bits per heavy atom. The summed E-state index contributed by atoms with van der Waals surface area (Å²) in [6.07, 6.45) is 2.19. The molecule has 6 nitrogen and oxygen atoms in total. The molecular weight excluding hydrogens is 292 g/mol. The van der Waals surface area contributed by atoms with Crippen LogP contribution < -0.4 is 5.32 Å². The maximum atomic E-state index is 12.5. The molecule has 2 fully saturated rings. The summed E-state index contributed by atoms with van der Waals surface area (Å²) in [6.45, 7) is 3.00. The highest BCUT2D eigenvalue weighted by molar-refractivity contribution is 5.94. The number of benzene rings is 1. The van der Waals surface area contributed by atoms with Crippen LogP contribution in [0.2, 0.25) is 0 Å². The summed E-state index contributed by atoms with van der Waals surface area (Å²) >= 11 is 0. The third kappa shape index (κ3) is 4.08. The van der Waals surface area contributed by atoms with Gasteiger partial charge in [0.05, 0.1) is 18.2 Å². The van der Waals surface area contributed by atoms with E-state index < -0.39 is 0 Å². The molecule has 1 saturated carbocycles. The predicted molar refractivity (Wildman–Crippen MR) is 84.7 cm³/mol. The quantitative estimate of drug-likeness (QED) is 0.883. The molecule has 1 aromatic rings. The topological polar surface area (TPSA) is 76.4 Å². The van der Waals surface area contributed by atoms with E-state index in [0.717, 1.165) is 12.8 Å². The highest BCUT2D eigenvalue weighted by atomic mass is 16.2. The Bertz CT molecular complexity index is 640. The van der Waals surface area contributed by atoms with Crippen molar-refractivity contribution in [1.82, 2.24) is 15.1 Å². The molecule has 1 aromatic carbocycles. The largest absolute Gasteiger partial charge is 0.352 e. The summed E-state index contributed by atoms with van der Waals surface area (Å²) in [4.78, 5) is 28.1. The van der Waals surface area contributed by atoms with Gasteiger partial charge in [0.15, 0.2) is 0 Å². The molecule has 1 saturated heterocycles. The second-order valence-electron chi connectivity index (χ2n) is 6.10. The van der Waals surface area contributed by atoms with E-state index in [1.807, 2.05) is 0 Å². The molecule has 2 amide bonds. The van der Waals surface area contributed by atoms with Gasteiger partial charge in [-0.3, -0.25) is 14.5 Å². The zero-order chi connectivity index (χ0) is 16.2. The zero-order valence-corrected chi connectivity index (χ0v) is 13.0. The predicted octanol–water partition coefficient (Wildman–Crippen LogP) is 0.595. The van der Waals surface area contributed by atoms with E-state index in [2.05, 4.69) is 16.3 Å². The van der Waals surface area contributed by atoms with Gasteiger partial charge in [-0.2, -0.15) is 5.26 Å². The van der Waals surface area contributed by atoms with Crippen LogP contribution in [0.4, 0.5) is 0 Å². The van der Waals surface area contributed by atoms with Gasteiger partial charge < -0.3 is 10.2 Å². The van der Waals surface area contributed by atoms with Crippen LogP contribution in [0.25, 0.3) is 0 Å². The van der Waals surface area contributed by atoms with E-state index >= 15 is 0 Å². The van der Waals surface area contributed by atoms with Crippen molar-refractivity contribution < 1.29 is 9.59 Å². The lowest BCUT2D eigenvalue weighted by Crippen LogP contribution is -2.51. The van der Waals surface area contributed by atoms with Crippen molar-refractivity contribution in [2.75, 3.05) is 32.7 Å². The standard InChI is InChI=1S/C17H20N4O2/c18-11-13-2-1-3-14(10-13)17(23)21-8-6-20(7-9-21)12-16(22)19-15-4-5-15/h1-3,10,15H,4-9,12H2,(H,19,22). The van der Waals surface area contributed by atoms with Crippen molar-refractivity contribution in [1.29, 1.82) is 5.26 Å². The number of nitriles is 1. The van der Waals surface area contributed by atoms with E-state index in [4.69, 9.17) is 5.26 Å². The molecule has 0 unspecified atom stereocenters. The smallest absolute Gasteiger partial charge is 0.253 e. The van der Waals surface area contributed by atoms with E-state index in [-0.39, 0.29) is 11.8 Å². The number of carbonyl (C=O) groups excluding carboxylic acids is 2. The number of hydrogen-bond donors (Lipinski definition) is 1. The molecule has 0 bridgehead atoms. The molecule has 1 N–H and O–H groups in total. The fraction of sp³-hybridized carbons (Fsp3) is 0.471. The summed E-state index contributed by atoms with van der Waals surface area (Å²) in [5, 5.41) is 11.9. The minimum atomic E-state index is -0.0517. The van der Waals surface area contributed by atoms with Gasteiger partial charge >= 0.3 is 0 Å². The lowest BCUT2D eigenvalue weighted by molar-refractivity contribution is -0.122. The number of nitrogens with zero attached hydrogens (tertiary/aromatic N) is 3. The molecule has 1 aliphatic heterocycles. The molecule has 0 aromatic heterocycles. The van der Waals surface area contributed by atoms with Crippen LogP contribution in [0.1, 0.15) is 28.8 Å². The van der Waals surface area contributed by atoms with Crippen molar-refractivity contribution >= 4 is 11.8 Å². The molecule has 0 spiro atoms. The van der Waals surface area contributed by atoms with Gasteiger partial charge in [0.2, 0.25) is 5.91 Å². The Morgan fingerprint density at radius 1 is 1.22 bits per heavy atom. The Morgan fingerprint density at radius 2 is 1.96 bits per heavy atom. The van der Waals surface area contributed by atoms with Crippen molar-refractivity contribution in [3.63, 3.8) is 0 Å². The number of amides is 2. The van der Waals surface area contributed by atoms with E-state index in [9.17, 15) is 9.59 Å². The minimum Gasteiger partial charge on any atom is -0.352 e. The Hall–Kier alpha value is -2.39. The van der Waals surface area contributed by atoms with Crippen LogP contribution in [-0.2, 0) is 4.79 Å². The van der Waals surface area contributed by atoms with Crippen LogP contribution >= 0.6 is 0 Å². The van der Waals surface area contributed by atoms with Gasteiger partial charge in [0.1, 0.15) is 0 Å². The fourth-order valence-corrected chi connectivity index (χ4v) is 2.72. The van der Waals surface area contributed by atoms with E-state index in [1.165, 1.54) is 0 Å². The van der Waals surface area contributed by atoms with Crippen LogP contribution in [0.15, 0.2) is 24.3 Å². The lowest BCUT2D eigenvalue weighted by Gasteiger charge is -2.34. The van der Waals surface area contributed by atoms with E-state index in [0.29, 0.717) is 49.9 Å². The molecular formula is C17H20N4O2. The maximum absolute atomic E-state index is 12.5. The van der Waals surface area contributed by atoms with Gasteiger partial charge in [-0.15, -0.1) is 0 Å². The average molecular weight is 312 g/mol. The summed E-state index contributed by atoms with van der Waals surface area (Å²) in [5.74, 6) is 0.0261. The first kappa shape index (κ1) is 15.5. The fourth-order valence-electron chi connectivity index (χ4n) is 2.72. The Balaban J connectivity index is 1.50. The van der Waals surface area contributed by atoms with Gasteiger partial charge in [-0.05, 0) is 31.0 Å². The third-order valence-electron chi connectivity index (χ3n) is 4.21. The van der Waals surface area contributed by atoms with Gasteiger partial charge in [-0.1, -0.05) is 6.07 Å². The number of carbonyl (C=O) groups is 2. The number of hydrogen-bond acceptors (Lipinski definition) is 4. The molecule has 1 heterocycles. The van der Waals surface area contributed by atoms with Crippen molar-refractivity contribution in [2.45, 2.75) is 18.9 Å². The van der Waals surface area contributed by atoms with E-state index in [1.54, 1.807) is 29.2 Å². The third-order valence-corrected chi connectivity index (χ3v) is 4.21. The number of rotatable bonds is 4. The highest BCUT2D eigenvalue weighted by Gasteiger charge is 2.26. The monoisotopic (exact) mass is 312 g/mol. The second-order valence-corrected chi connectivity index (χ2v) is 6.10. The molecule has 3 rings (SSSR count). The first-order valence-corrected chi connectivity index (χ1v) is 7.97. The van der Waals surface area contributed by atoms with Crippen LogP contribution in [0.3, 0.4) is 0 Å². The Labute approximate surface area is 135 Å². The van der Waals surface area contributed by atoms with Crippen LogP contribution in [-0.4, -0.2) is 60.4 Å². The average Bonchev–Trinajstić information content (AvgIpc) is 3.38. The second kappa shape index (κ2) is 6.80. The summed E-state index contributed by atoms with van der Waals surface area (Å²) in [5.41, 5.74) is 1.04. The molecule has 0 radical (unpaired) electrons. The molecule has 23 heavy (non-hydrogen) atoms.